The van der Waals surface area contributed by atoms with Crippen LogP contribution in [0.3, 0.4) is 0 Å². The lowest BCUT2D eigenvalue weighted by atomic mass is 10.2. The Labute approximate surface area is 131 Å². The van der Waals surface area contributed by atoms with Crippen molar-refractivity contribution in [3.8, 4) is 5.75 Å². The lowest BCUT2D eigenvalue weighted by Gasteiger charge is -2.30. The van der Waals surface area contributed by atoms with E-state index in [2.05, 4.69) is 5.32 Å². The van der Waals surface area contributed by atoms with Crippen molar-refractivity contribution in [3.05, 3.63) is 18.2 Å². The Morgan fingerprint density at radius 1 is 1.32 bits per heavy atom. The molecule has 0 saturated carbocycles. The smallest absolute Gasteiger partial charge is 0.248 e. The highest BCUT2D eigenvalue weighted by Gasteiger charge is 2.25. The summed E-state index contributed by atoms with van der Waals surface area (Å²) in [6, 6.07) is 4.84. The minimum atomic E-state index is -3.48. The fourth-order valence-corrected chi connectivity index (χ4v) is 3.71. The number of hydrazine groups is 1. The van der Waals surface area contributed by atoms with Gasteiger partial charge in [0.2, 0.25) is 15.9 Å². The van der Waals surface area contributed by atoms with Gasteiger partial charge in [-0.05, 0) is 24.6 Å². The minimum Gasteiger partial charge on any atom is -0.495 e. The summed E-state index contributed by atoms with van der Waals surface area (Å²) in [6.45, 7) is 3.19. The molecule has 0 radical (unpaired) electrons. The van der Waals surface area contributed by atoms with Gasteiger partial charge in [-0.3, -0.25) is 4.79 Å². The van der Waals surface area contributed by atoms with Gasteiger partial charge < -0.3 is 10.1 Å². The number of ether oxygens (including phenoxy) is 1. The summed E-state index contributed by atoms with van der Waals surface area (Å²) >= 11 is 0. The molecule has 0 fully saturated rings. The molecule has 22 heavy (non-hydrogen) atoms. The second kappa shape index (κ2) is 7.46. The fraction of sp³-hybridized carbons (Fsp3) is 0.500. The predicted octanol–water partition coefficient (Wildman–Crippen LogP) is 1.68. The summed E-state index contributed by atoms with van der Waals surface area (Å²) in [7, 11) is 1.30. The van der Waals surface area contributed by atoms with Crippen LogP contribution >= 0.6 is 0 Å². The average Bonchev–Trinajstić information content (AvgIpc) is 2.37. The number of anilines is 2. The first-order valence-corrected chi connectivity index (χ1v) is 8.49. The molecule has 0 saturated heterocycles. The van der Waals surface area contributed by atoms with Gasteiger partial charge in [0.05, 0.1) is 24.2 Å². The normalized spacial score (nSPS) is 11.4. The number of rotatable bonds is 7. The molecule has 1 rings (SSSR count). The van der Waals surface area contributed by atoms with Gasteiger partial charge in [-0.15, -0.1) is 0 Å². The summed E-state index contributed by atoms with van der Waals surface area (Å²) in [6.07, 6.45) is 0.515. The maximum atomic E-state index is 12.4. The molecule has 8 heteroatoms. The Morgan fingerprint density at radius 3 is 2.41 bits per heavy atom. The van der Waals surface area contributed by atoms with Gasteiger partial charge >= 0.3 is 0 Å². The molecule has 0 bridgehead atoms. The summed E-state index contributed by atoms with van der Waals surface area (Å²) < 4.78 is 31.2. The number of benzene rings is 1. The first-order chi connectivity index (χ1) is 10.2. The van der Waals surface area contributed by atoms with Crippen LogP contribution < -0.4 is 14.5 Å². The van der Waals surface area contributed by atoms with E-state index in [4.69, 9.17) is 4.74 Å². The monoisotopic (exact) mass is 329 g/mol. The Balaban J connectivity index is 3.35. The number of hydrogen-bond donors (Lipinski definition) is 1. The highest BCUT2D eigenvalue weighted by atomic mass is 32.2. The van der Waals surface area contributed by atoms with Gasteiger partial charge in [-0.25, -0.2) is 17.8 Å². The number of nitrogens with one attached hydrogen (secondary N) is 1. The zero-order chi connectivity index (χ0) is 16.9. The van der Waals surface area contributed by atoms with Crippen molar-refractivity contribution in [3.63, 3.8) is 0 Å². The maximum absolute atomic E-state index is 12.4. The van der Waals surface area contributed by atoms with Crippen molar-refractivity contribution in [1.82, 2.24) is 5.01 Å². The average molecular weight is 329 g/mol. The van der Waals surface area contributed by atoms with Crippen molar-refractivity contribution in [1.29, 1.82) is 0 Å². The molecule has 1 amide bonds. The maximum Gasteiger partial charge on any atom is 0.248 e. The van der Waals surface area contributed by atoms with Crippen molar-refractivity contribution in [2.45, 2.75) is 20.3 Å². The Morgan fingerprint density at radius 2 is 1.95 bits per heavy atom. The SMILES string of the molecule is CCCS(=O)(=O)N(c1ccc(OC)c(NC(C)=O)c1)N(C)C. The Bertz CT molecular complexity index is 629. The van der Waals surface area contributed by atoms with E-state index in [0.29, 0.717) is 23.5 Å². The van der Waals surface area contributed by atoms with Gasteiger partial charge in [0, 0.05) is 21.0 Å². The van der Waals surface area contributed by atoms with Gasteiger partial charge in [0.1, 0.15) is 5.75 Å². The molecule has 7 nitrogen and oxygen atoms in total. The third kappa shape index (κ3) is 4.35. The number of carbonyl (C=O) groups excluding carboxylic acids is 1. The molecular formula is C14H23N3O4S. The predicted molar refractivity (Wildman–Crippen MR) is 87.5 cm³/mol. The molecule has 0 aliphatic heterocycles. The number of hydrogen-bond acceptors (Lipinski definition) is 5. The quantitative estimate of drug-likeness (QED) is 0.770. The first-order valence-electron chi connectivity index (χ1n) is 6.88. The summed E-state index contributed by atoms with van der Waals surface area (Å²) in [5.74, 6) is 0.237. The number of methoxy groups -OCH3 is 1. The van der Waals surface area contributed by atoms with E-state index in [0.717, 1.165) is 0 Å². The van der Waals surface area contributed by atoms with Crippen LogP contribution in [0.2, 0.25) is 0 Å². The van der Waals surface area contributed by atoms with E-state index >= 15 is 0 Å². The highest BCUT2D eigenvalue weighted by molar-refractivity contribution is 7.92. The van der Waals surface area contributed by atoms with E-state index in [1.54, 1.807) is 32.3 Å². The molecular weight excluding hydrogens is 306 g/mol. The third-order valence-corrected chi connectivity index (χ3v) is 4.79. The Hall–Kier alpha value is -1.80. The lowest BCUT2D eigenvalue weighted by molar-refractivity contribution is -0.114. The van der Waals surface area contributed by atoms with Gasteiger partial charge in [0.25, 0.3) is 0 Å². The third-order valence-electron chi connectivity index (χ3n) is 2.80. The van der Waals surface area contributed by atoms with E-state index in [9.17, 15) is 13.2 Å². The first kappa shape index (κ1) is 18.2. The van der Waals surface area contributed by atoms with Crippen molar-refractivity contribution in [2.75, 3.05) is 36.7 Å². The van der Waals surface area contributed by atoms with Crippen LogP contribution in [0.4, 0.5) is 11.4 Å². The van der Waals surface area contributed by atoms with Crippen LogP contribution in [-0.2, 0) is 14.8 Å². The second-order valence-corrected chi connectivity index (χ2v) is 6.89. The lowest BCUT2D eigenvalue weighted by Crippen LogP contribution is -2.43. The van der Waals surface area contributed by atoms with Crippen LogP contribution in [0, 0.1) is 0 Å². The van der Waals surface area contributed by atoms with Crippen LogP contribution in [0.25, 0.3) is 0 Å². The summed E-state index contributed by atoms with van der Waals surface area (Å²) in [5.41, 5.74) is 0.856. The summed E-state index contributed by atoms with van der Waals surface area (Å²) in [4.78, 5) is 11.3. The molecule has 0 aliphatic rings. The number of carbonyl (C=O) groups is 1. The molecule has 0 heterocycles. The second-order valence-electron chi connectivity index (χ2n) is 4.97. The van der Waals surface area contributed by atoms with Crippen LogP contribution in [0.15, 0.2) is 18.2 Å². The van der Waals surface area contributed by atoms with E-state index in [1.165, 1.54) is 23.5 Å². The van der Waals surface area contributed by atoms with E-state index in [1.807, 2.05) is 6.92 Å². The van der Waals surface area contributed by atoms with Crippen LogP contribution in [-0.4, -0.2) is 46.3 Å². The molecule has 124 valence electrons. The standard InChI is InChI=1S/C14H23N3O4S/c1-6-9-22(19,20)17(16(3)4)12-7-8-14(21-5)13(10-12)15-11(2)18/h7-8,10H,6,9H2,1-5H3,(H,15,18). The molecule has 0 aliphatic carbocycles. The van der Waals surface area contributed by atoms with Gasteiger partial charge in [-0.1, -0.05) is 6.92 Å². The molecule has 0 unspecified atom stereocenters. The van der Waals surface area contributed by atoms with Crippen LogP contribution in [0.1, 0.15) is 20.3 Å². The number of amides is 1. The molecule has 1 N–H and O–H groups in total. The Kier molecular flexibility index (Phi) is 6.19. The number of sulfonamides is 1. The van der Waals surface area contributed by atoms with Gasteiger partial charge in [-0.2, -0.15) is 0 Å². The molecule has 0 aromatic heterocycles. The fourth-order valence-electron chi connectivity index (χ4n) is 2.09. The number of nitrogens with zero attached hydrogens (tertiary/aromatic N) is 2. The van der Waals surface area contributed by atoms with E-state index < -0.39 is 10.0 Å². The molecule has 1 aromatic rings. The molecule has 0 spiro atoms. The van der Waals surface area contributed by atoms with E-state index in [-0.39, 0.29) is 11.7 Å². The van der Waals surface area contributed by atoms with Crippen molar-refractivity contribution < 1.29 is 17.9 Å². The minimum absolute atomic E-state index is 0.0344. The highest BCUT2D eigenvalue weighted by Crippen LogP contribution is 2.31. The van der Waals surface area contributed by atoms with Crippen molar-refractivity contribution in [2.24, 2.45) is 0 Å². The topological polar surface area (TPSA) is 79.0 Å². The zero-order valence-electron chi connectivity index (χ0n) is 13.6. The molecule has 1 aromatic carbocycles. The van der Waals surface area contributed by atoms with Crippen molar-refractivity contribution >= 4 is 27.3 Å². The zero-order valence-corrected chi connectivity index (χ0v) is 14.4. The van der Waals surface area contributed by atoms with Crippen LogP contribution in [0.5, 0.6) is 5.75 Å². The largest absolute Gasteiger partial charge is 0.495 e. The van der Waals surface area contributed by atoms with Gasteiger partial charge in [0.15, 0.2) is 0 Å². The molecule has 0 atom stereocenters. The summed E-state index contributed by atoms with van der Waals surface area (Å²) in [5, 5.41) is 4.13.